The Balaban J connectivity index is 2.45. The largest absolute Gasteiger partial charge is 0.290 e. The molecule has 1 aliphatic rings. The van der Waals surface area contributed by atoms with Crippen LogP contribution in [0.5, 0.6) is 0 Å². The van der Waals surface area contributed by atoms with Crippen molar-refractivity contribution in [3.05, 3.63) is 0 Å². The van der Waals surface area contributed by atoms with Crippen LogP contribution in [0.4, 0.5) is 0 Å². The van der Waals surface area contributed by atoms with E-state index in [-0.39, 0.29) is 10.3 Å². The number of nitrogens with one attached hydrogen (secondary N) is 1. The van der Waals surface area contributed by atoms with E-state index in [2.05, 4.69) is 5.32 Å². The molecule has 0 aromatic rings. The maximum Gasteiger partial charge on any atom is 0.156 e. The van der Waals surface area contributed by atoms with Crippen LogP contribution in [0, 0.1) is 0 Å². The van der Waals surface area contributed by atoms with Crippen molar-refractivity contribution in [2.75, 3.05) is 12.3 Å². The lowest BCUT2D eigenvalue weighted by atomic mass is 10.7. The van der Waals surface area contributed by atoms with Crippen LogP contribution < -0.4 is 5.32 Å². The Morgan fingerprint density at radius 3 is 2.83 bits per heavy atom. The second-order valence-corrected chi connectivity index (χ2v) is 2.83. The third kappa shape index (κ3) is 0.852. The van der Waals surface area contributed by atoms with Gasteiger partial charge in [-0.3, -0.25) is 5.32 Å². The molecule has 0 amide bonds. The van der Waals surface area contributed by atoms with Crippen LogP contribution in [0.2, 0.25) is 0 Å². The SMILES string of the molecule is [B]S1=CNCC1. The highest BCUT2D eigenvalue weighted by molar-refractivity contribution is 8.33. The average molecular weight is 99.0 g/mol. The molecule has 0 aliphatic carbocycles. The number of hydrogen-bond donors (Lipinski definition) is 1. The highest BCUT2D eigenvalue weighted by Gasteiger charge is 1.91. The molecule has 3 heteroatoms. The third-order valence-electron chi connectivity index (χ3n) is 0.717. The first-order chi connectivity index (χ1) is 2.89. The van der Waals surface area contributed by atoms with E-state index < -0.39 is 0 Å². The fraction of sp³-hybridized carbons (Fsp3) is 0.667. The van der Waals surface area contributed by atoms with Crippen LogP contribution in [0.1, 0.15) is 0 Å². The van der Waals surface area contributed by atoms with Crippen molar-refractivity contribution in [2.45, 2.75) is 0 Å². The molecule has 0 saturated heterocycles. The normalized spacial score (nSPS) is 33.0. The summed E-state index contributed by atoms with van der Waals surface area (Å²) >= 11 is 0. The van der Waals surface area contributed by atoms with E-state index >= 15 is 0 Å². The third-order valence-corrected chi connectivity index (χ3v) is 1.86. The van der Waals surface area contributed by atoms with Gasteiger partial charge in [0.25, 0.3) is 0 Å². The lowest BCUT2D eigenvalue weighted by Gasteiger charge is -1.82. The van der Waals surface area contributed by atoms with Crippen LogP contribution in [0.3, 0.4) is 0 Å². The minimum absolute atomic E-state index is 0.0910. The Labute approximate surface area is 41.4 Å². The van der Waals surface area contributed by atoms with Gasteiger partial charge in [0.1, 0.15) is 0 Å². The van der Waals surface area contributed by atoms with Gasteiger partial charge in [0.2, 0.25) is 0 Å². The van der Waals surface area contributed by atoms with Gasteiger partial charge in [0.05, 0.1) is 0 Å². The van der Waals surface area contributed by atoms with Gasteiger partial charge in [0.15, 0.2) is 7.12 Å². The van der Waals surface area contributed by atoms with Crippen molar-refractivity contribution in [1.29, 1.82) is 0 Å². The molecule has 2 radical (unpaired) electrons. The fourth-order valence-corrected chi connectivity index (χ4v) is 1.20. The van der Waals surface area contributed by atoms with E-state index in [1.807, 2.05) is 5.49 Å². The summed E-state index contributed by atoms with van der Waals surface area (Å²) in [5.74, 6) is 1.12. The number of rotatable bonds is 0. The maximum absolute atomic E-state index is 5.44. The molecule has 1 rings (SSSR count). The van der Waals surface area contributed by atoms with Gasteiger partial charge in [-0.25, -0.2) is 10.3 Å². The van der Waals surface area contributed by atoms with Gasteiger partial charge in [0, 0.05) is 6.54 Å². The van der Waals surface area contributed by atoms with E-state index in [1.54, 1.807) is 0 Å². The predicted molar refractivity (Wildman–Crippen MR) is 32.3 cm³/mol. The molecule has 1 atom stereocenters. The fourth-order valence-electron chi connectivity index (χ4n) is 0.402. The summed E-state index contributed by atoms with van der Waals surface area (Å²) in [7, 11) is 5.54. The summed E-state index contributed by atoms with van der Waals surface area (Å²) in [6.07, 6.45) is 0. The van der Waals surface area contributed by atoms with Crippen LogP contribution in [-0.4, -0.2) is 24.9 Å². The number of hydrogen-bond acceptors (Lipinski definition) is 1. The van der Waals surface area contributed by atoms with E-state index in [4.69, 9.17) is 7.12 Å². The maximum atomic E-state index is 5.44. The van der Waals surface area contributed by atoms with Crippen molar-refractivity contribution in [2.24, 2.45) is 0 Å². The van der Waals surface area contributed by atoms with E-state index in [0.29, 0.717) is 0 Å². The molecule has 1 unspecified atom stereocenters. The molecule has 0 fully saturated rings. The molecule has 0 saturated carbocycles. The molecule has 6 heavy (non-hydrogen) atoms. The molecule has 1 heterocycles. The molecule has 32 valence electrons. The second-order valence-electron chi connectivity index (χ2n) is 1.25. The molecule has 1 aliphatic heterocycles. The quantitative estimate of drug-likeness (QED) is 0.324. The van der Waals surface area contributed by atoms with Gasteiger partial charge in [-0.2, -0.15) is 0 Å². The smallest absolute Gasteiger partial charge is 0.156 e. The minimum Gasteiger partial charge on any atom is -0.290 e. The summed E-state index contributed by atoms with van der Waals surface area (Å²) < 4.78 is 0. The predicted octanol–water partition coefficient (Wildman–Crippen LogP) is -0.298. The van der Waals surface area contributed by atoms with Crippen molar-refractivity contribution in [3.63, 3.8) is 0 Å². The Morgan fingerprint density at radius 2 is 2.67 bits per heavy atom. The van der Waals surface area contributed by atoms with Crippen molar-refractivity contribution < 1.29 is 0 Å². The van der Waals surface area contributed by atoms with E-state index in [9.17, 15) is 0 Å². The van der Waals surface area contributed by atoms with Crippen molar-refractivity contribution >= 4 is 23.0 Å². The molecule has 0 spiro atoms. The summed E-state index contributed by atoms with van der Waals surface area (Å²) in [6.45, 7) is 1.07. The van der Waals surface area contributed by atoms with Gasteiger partial charge >= 0.3 is 0 Å². The Bertz CT molecular complexity index is 80.9. The van der Waals surface area contributed by atoms with Gasteiger partial charge < -0.3 is 0 Å². The highest BCUT2D eigenvalue weighted by atomic mass is 32.2. The zero-order valence-corrected chi connectivity index (χ0v) is 4.29. The van der Waals surface area contributed by atoms with Gasteiger partial charge in [-0.15, -0.1) is 0 Å². The first kappa shape index (κ1) is 4.41. The van der Waals surface area contributed by atoms with Crippen LogP contribution in [0.15, 0.2) is 0 Å². The average Bonchev–Trinajstić information content (AvgIpc) is 1.86. The second kappa shape index (κ2) is 1.80. The van der Waals surface area contributed by atoms with Gasteiger partial charge in [-0.05, 0) is 11.2 Å². The molecular weight excluding hydrogens is 92.9 g/mol. The summed E-state index contributed by atoms with van der Waals surface area (Å²) in [6, 6.07) is 0. The van der Waals surface area contributed by atoms with Gasteiger partial charge in [-0.1, -0.05) is 0 Å². The molecule has 0 aromatic heterocycles. The Hall–Kier alpha value is 0.245. The Morgan fingerprint density at radius 1 is 1.83 bits per heavy atom. The lowest BCUT2D eigenvalue weighted by molar-refractivity contribution is 1.03. The highest BCUT2D eigenvalue weighted by Crippen LogP contribution is 2.03. The summed E-state index contributed by atoms with van der Waals surface area (Å²) in [5.41, 5.74) is 1.96. The monoisotopic (exact) mass is 99.0 g/mol. The van der Waals surface area contributed by atoms with Crippen LogP contribution >= 0.6 is 10.3 Å². The zero-order valence-electron chi connectivity index (χ0n) is 3.48. The molecule has 0 bridgehead atoms. The molecule has 0 aromatic carbocycles. The van der Waals surface area contributed by atoms with Crippen molar-refractivity contribution in [3.8, 4) is 0 Å². The van der Waals surface area contributed by atoms with Crippen LogP contribution in [0.25, 0.3) is 0 Å². The zero-order chi connectivity index (χ0) is 4.41. The van der Waals surface area contributed by atoms with Crippen LogP contribution in [-0.2, 0) is 0 Å². The lowest BCUT2D eigenvalue weighted by Crippen LogP contribution is -2.04. The van der Waals surface area contributed by atoms with Crippen molar-refractivity contribution in [1.82, 2.24) is 5.32 Å². The standard InChI is InChI=1S/C3H6BNS/c4-6-2-1-5-3-6/h3,5H,1-2H2. The Kier molecular flexibility index (Phi) is 1.32. The molecule has 1 N–H and O–H groups in total. The molecular formula is C3H6BNS. The topological polar surface area (TPSA) is 12.0 Å². The summed E-state index contributed by atoms with van der Waals surface area (Å²) in [4.78, 5) is 0. The summed E-state index contributed by atoms with van der Waals surface area (Å²) in [5, 5.41) is 3.03. The molecule has 1 nitrogen and oxygen atoms in total. The first-order valence-electron chi connectivity index (χ1n) is 1.90. The minimum atomic E-state index is 0.0910. The first-order valence-corrected chi connectivity index (χ1v) is 3.42. The van der Waals surface area contributed by atoms with E-state index in [1.165, 1.54) is 0 Å². The van der Waals surface area contributed by atoms with E-state index in [0.717, 1.165) is 12.3 Å².